The van der Waals surface area contributed by atoms with Crippen LogP contribution in [0.25, 0.3) is 0 Å². The maximum atomic E-state index is 11.5. The molecule has 100 valence electrons. The molecule has 0 spiro atoms. The van der Waals surface area contributed by atoms with Gasteiger partial charge in [-0.15, -0.1) is 0 Å². The van der Waals surface area contributed by atoms with Gasteiger partial charge in [0.05, 0.1) is 18.8 Å². The molecule has 3 atom stereocenters. The van der Waals surface area contributed by atoms with Crippen molar-refractivity contribution in [1.82, 2.24) is 5.32 Å². The molecule has 0 bridgehead atoms. The van der Waals surface area contributed by atoms with Crippen LogP contribution in [0.2, 0.25) is 0 Å². The molecule has 1 heterocycles. The van der Waals surface area contributed by atoms with E-state index in [2.05, 4.69) is 5.32 Å². The van der Waals surface area contributed by atoms with E-state index in [9.17, 15) is 4.79 Å². The molecule has 0 aromatic carbocycles. The molecule has 6 heteroatoms. The zero-order chi connectivity index (χ0) is 12.7. The lowest BCUT2D eigenvalue weighted by atomic mass is 9.99. The zero-order valence-corrected chi connectivity index (χ0v) is 10.6. The number of rotatable bonds is 6. The Kier molecular flexibility index (Phi) is 6.43. The first kappa shape index (κ1) is 14.4. The summed E-state index contributed by atoms with van der Waals surface area (Å²) >= 11 is 0. The highest BCUT2D eigenvalue weighted by Gasteiger charge is 2.35. The van der Waals surface area contributed by atoms with Gasteiger partial charge in [0.2, 0.25) is 5.91 Å². The van der Waals surface area contributed by atoms with Gasteiger partial charge < -0.3 is 24.3 Å². The van der Waals surface area contributed by atoms with Crippen molar-refractivity contribution < 1.29 is 23.7 Å². The fourth-order valence-corrected chi connectivity index (χ4v) is 1.98. The van der Waals surface area contributed by atoms with E-state index >= 15 is 0 Å². The molecular formula is C11H21NO5. The molecule has 0 unspecified atom stereocenters. The van der Waals surface area contributed by atoms with Crippen LogP contribution in [0.4, 0.5) is 0 Å². The van der Waals surface area contributed by atoms with E-state index < -0.39 is 0 Å². The maximum Gasteiger partial charge on any atom is 0.246 e. The Morgan fingerprint density at radius 1 is 1.35 bits per heavy atom. The lowest BCUT2D eigenvalue weighted by Gasteiger charge is -2.37. The Morgan fingerprint density at radius 3 is 2.71 bits per heavy atom. The molecule has 1 rings (SSSR count). The number of hydrogen-bond donors (Lipinski definition) is 1. The number of nitrogens with one attached hydrogen (secondary N) is 1. The highest BCUT2D eigenvalue weighted by Crippen LogP contribution is 2.17. The largest absolute Gasteiger partial charge is 0.382 e. The van der Waals surface area contributed by atoms with Gasteiger partial charge in [0.15, 0.2) is 0 Å². The SMILES string of the molecule is COCC(=O)N[C@@H]1[C@H](OC)CCO[C@@H]1COC. The highest BCUT2D eigenvalue weighted by atomic mass is 16.5. The number of carbonyl (C=O) groups is 1. The molecule has 0 aromatic heterocycles. The number of carbonyl (C=O) groups excluding carboxylic acids is 1. The standard InChI is InChI=1S/C11H21NO5/c1-14-6-9-11(12-10(13)7-15-2)8(16-3)4-5-17-9/h8-9,11H,4-7H2,1-3H3,(H,12,13)/t8-,9-,11-/m1/s1. The van der Waals surface area contributed by atoms with Crippen molar-refractivity contribution in [2.75, 3.05) is 41.2 Å². The van der Waals surface area contributed by atoms with Crippen molar-refractivity contribution in [2.45, 2.75) is 24.7 Å². The minimum absolute atomic E-state index is 0.0344. The molecule has 0 saturated carbocycles. The van der Waals surface area contributed by atoms with Gasteiger partial charge in [-0.3, -0.25) is 4.79 Å². The van der Waals surface area contributed by atoms with Gasteiger partial charge in [-0.2, -0.15) is 0 Å². The summed E-state index contributed by atoms with van der Waals surface area (Å²) in [6, 6.07) is -0.198. The second kappa shape index (κ2) is 7.60. The van der Waals surface area contributed by atoms with Crippen LogP contribution < -0.4 is 5.32 Å². The molecule has 0 aromatic rings. The van der Waals surface area contributed by atoms with Crippen LogP contribution in [0.5, 0.6) is 0 Å². The van der Waals surface area contributed by atoms with Crippen molar-refractivity contribution in [3.63, 3.8) is 0 Å². The van der Waals surface area contributed by atoms with Crippen LogP contribution in [-0.2, 0) is 23.7 Å². The molecule has 1 saturated heterocycles. The first-order chi connectivity index (χ1) is 8.22. The van der Waals surface area contributed by atoms with E-state index in [0.717, 1.165) is 6.42 Å². The van der Waals surface area contributed by atoms with E-state index in [4.69, 9.17) is 18.9 Å². The fraction of sp³-hybridized carbons (Fsp3) is 0.909. The quantitative estimate of drug-likeness (QED) is 0.690. The van der Waals surface area contributed by atoms with E-state index in [1.165, 1.54) is 7.11 Å². The second-order valence-corrected chi connectivity index (χ2v) is 3.95. The van der Waals surface area contributed by atoms with Crippen LogP contribution in [-0.4, -0.2) is 65.3 Å². The van der Waals surface area contributed by atoms with Crippen LogP contribution in [0.1, 0.15) is 6.42 Å². The number of methoxy groups -OCH3 is 3. The summed E-state index contributed by atoms with van der Waals surface area (Å²) < 4.78 is 20.8. The Bertz CT molecular complexity index is 234. The molecule has 1 N–H and O–H groups in total. The average molecular weight is 247 g/mol. The molecule has 0 radical (unpaired) electrons. The molecule has 17 heavy (non-hydrogen) atoms. The van der Waals surface area contributed by atoms with E-state index in [1.807, 2.05) is 0 Å². The maximum absolute atomic E-state index is 11.5. The second-order valence-electron chi connectivity index (χ2n) is 3.95. The van der Waals surface area contributed by atoms with Crippen molar-refractivity contribution >= 4 is 5.91 Å². The summed E-state index contributed by atoms with van der Waals surface area (Å²) in [4.78, 5) is 11.5. The van der Waals surface area contributed by atoms with Crippen molar-refractivity contribution in [3.05, 3.63) is 0 Å². The summed E-state index contributed by atoms with van der Waals surface area (Å²) in [5.74, 6) is -0.175. The van der Waals surface area contributed by atoms with Gasteiger partial charge in [-0.25, -0.2) is 0 Å². The normalized spacial score (nSPS) is 29.0. The monoisotopic (exact) mass is 247 g/mol. The third kappa shape index (κ3) is 4.23. The van der Waals surface area contributed by atoms with E-state index in [1.54, 1.807) is 14.2 Å². The molecule has 1 amide bonds. The van der Waals surface area contributed by atoms with E-state index in [0.29, 0.717) is 13.2 Å². The lowest BCUT2D eigenvalue weighted by molar-refractivity contribution is -0.136. The van der Waals surface area contributed by atoms with Crippen LogP contribution in [0, 0.1) is 0 Å². The van der Waals surface area contributed by atoms with Gasteiger partial charge in [-0.1, -0.05) is 0 Å². The summed E-state index contributed by atoms with van der Waals surface area (Å²) in [5.41, 5.74) is 0. The topological polar surface area (TPSA) is 66.0 Å². The Hall–Kier alpha value is -0.690. The van der Waals surface area contributed by atoms with E-state index in [-0.39, 0.29) is 30.8 Å². The van der Waals surface area contributed by atoms with Crippen LogP contribution in [0.15, 0.2) is 0 Å². The molecule has 0 aliphatic carbocycles. The Labute approximate surface area is 102 Å². The first-order valence-electron chi connectivity index (χ1n) is 5.64. The Balaban J connectivity index is 2.59. The number of ether oxygens (including phenoxy) is 4. The van der Waals surface area contributed by atoms with Gasteiger partial charge in [0.25, 0.3) is 0 Å². The highest BCUT2D eigenvalue weighted by molar-refractivity contribution is 5.77. The van der Waals surface area contributed by atoms with Crippen LogP contribution in [0.3, 0.4) is 0 Å². The predicted molar refractivity (Wildman–Crippen MR) is 60.8 cm³/mol. The van der Waals surface area contributed by atoms with Crippen LogP contribution >= 0.6 is 0 Å². The van der Waals surface area contributed by atoms with Crippen molar-refractivity contribution in [2.24, 2.45) is 0 Å². The molecule has 1 fully saturated rings. The minimum Gasteiger partial charge on any atom is -0.382 e. The lowest BCUT2D eigenvalue weighted by Crippen LogP contribution is -2.57. The summed E-state index contributed by atoms with van der Waals surface area (Å²) in [5, 5.41) is 2.86. The summed E-state index contributed by atoms with van der Waals surface area (Å²) in [7, 11) is 4.72. The van der Waals surface area contributed by atoms with Gasteiger partial charge in [0, 0.05) is 27.9 Å². The van der Waals surface area contributed by atoms with Gasteiger partial charge in [-0.05, 0) is 6.42 Å². The first-order valence-corrected chi connectivity index (χ1v) is 5.64. The summed E-state index contributed by atoms with van der Waals surface area (Å²) in [6.07, 6.45) is 0.526. The fourth-order valence-electron chi connectivity index (χ4n) is 1.98. The van der Waals surface area contributed by atoms with Gasteiger partial charge in [0.1, 0.15) is 12.7 Å². The zero-order valence-electron chi connectivity index (χ0n) is 10.6. The van der Waals surface area contributed by atoms with Crippen molar-refractivity contribution in [3.8, 4) is 0 Å². The van der Waals surface area contributed by atoms with Gasteiger partial charge >= 0.3 is 0 Å². The third-order valence-electron chi connectivity index (χ3n) is 2.77. The molecule has 1 aliphatic rings. The third-order valence-corrected chi connectivity index (χ3v) is 2.77. The average Bonchev–Trinajstić information content (AvgIpc) is 2.32. The molecule has 6 nitrogen and oxygen atoms in total. The number of hydrogen-bond acceptors (Lipinski definition) is 5. The molecule has 1 aliphatic heterocycles. The predicted octanol–water partition coefficient (Wildman–Crippen LogP) is -0.432. The van der Waals surface area contributed by atoms with Crippen molar-refractivity contribution in [1.29, 1.82) is 0 Å². The smallest absolute Gasteiger partial charge is 0.246 e. The Morgan fingerprint density at radius 2 is 2.12 bits per heavy atom. The minimum atomic E-state index is -0.198. The molecular weight excluding hydrogens is 226 g/mol. The summed E-state index contributed by atoms with van der Waals surface area (Å²) in [6.45, 7) is 1.08. The number of amides is 1.